The predicted octanol–water partition coefficient (Wildman–Crippen LogP) is 7.87. The highest BCUT2D eigenvalue weighted by Crippen LogP contribution is 2.40. The van der Waals surface area contributed by atoms with E-state index >= 15 is 0 Å². The van der Waals surface area contributed by atoms with Crippen LogP contribution in [0.1, 0.15) is 45.2 Å². The molecule has 0 N–H and O–H groups in total. The van der Waals surface area contributed by atoms with Crippen molar-refractivity contribution in [2.75, 3.05) is 13.1 Å². The highest BCUT2D eigenvalue weighted by Gasteiger charge is 2.29. The van der Waals surface area contributed by atoms with Gasteiger partial charge < -0.3 is 0 Å². The average Bonchev–Trinajstić information content (AvgIpc) is 2.83. The second kappa shape index (κ2) is 9.29. The van der Waals surface area contributed by atoms with E-state index < -0.39 is 11.6 Å². The standard InChI is InChI=1S/C29H28ClF2N3/c1-29(2,3)35-15-12-18(13-16-35)25-17-21(19-7-4-5-8-22(19)30)20-11-14-33-28(27(20)34-25)26-23(31)9-6-10-24(26)32/h4-11,14,17-18H,12-13,15-16H2,1-3H3. The molecular formula is C29H28ClF2N3. The summed E-state index contributed by atoms with van der Waals surface area (Å²) >= 11 is 6.61. The van der Waals surface area contributed by atoms with Gasteiger partial charge in [-0.1, -0.05) is 35.9 Å². The lowest BCUT2D eigenvalue weighted by Crippen LogP contribution is -2.45. The maximum atomic E-state index is 14.8. The number of halogens is 3. The van der Waals surface area contributed by atoms with E-state index in [1.54, 1.807) is 6.20 Å². The van der Waals surface area contributed by atoms with Crippen LogP contribution in [0.15, 0.2) is 60.8 Å². The summed E-state index contributed by atoms with van der Waals surface area (Å²) in [5, 5.41) is 1.38. The van der Waals surface area contributed by atoms with Gasteiger partial charge in [0.25, 0.3) is 0 Å². The van der Waals surface area contributed by atoms with Crippen LogP contribution in [0.25, 0.3) is 33.3 Å². The van der Waals surface area contributed by atoms with Crippen molar-refractivity contribution < 1.29 is 8.78 Å². The summed E-state index contributed by atoms with van der Waals surface area (Å²) in [6.07, 6.45) is 3.50. The summed E-state index contributed by atoms with van der Waals surface area (Å²) < 4.78 is 29.7. The fraction of sp³-hybridized carbons (Fsp3) is 0.310. The van der Waals surface area contributed by atoms with Gasteiger partial charge in [0.15, 0.2) is 0 Å². The van der Waals surface area contributed by atoms with Crippen LogP contribution in [0.3, 0.4) is 0 Å². The molecule has 0 aliphatic carbocycles. The number of fused-ring (bicyclic) bond motifs is 1. The van der Waals surface area contributed by atoms with Gasteiger partial charge in [-0.3, -0.25) is 14.9 Å². The Morgan fingerprint density at radius 3 is 2.26 bits per heavy atom. The highest BCUT2D eigenvalue weighted by atomic mass is 35.5. The molecule has 0 amide bonds. The van der Waals surface area contributed by atoms with Gasteiger partial charge in [0.2, 0.25) is 0 Å². The molecule has 0 spiro atoms. The van der Waals surface area contributed by atoms with Crippen LogP contribution in [0.4, 0.5) is 8.78 Å². The lowest BCUT2D eigenvalue weighted by molar-refractivity contribution is 0.102. The number of benzene rings is 2. The number of rotatable bonds is 3. The normalized spacial score (nSPS) is 15.6. The highest BCUT2D eigenvalue weighted by molar-refractivity contribution is 6.33. The lowest BCUT2D eigenvalue weighted by Gasteiger charge is -2.40. The maximum Gasteiger partial charge on any atom is 0.135 e. The van der Waals surface area contributed by atoms with Crippen LogP contribution < -0.4 is 0 Å². The predicted molar refractivity (Wildman–Crippen MR) is 139 cm³/mol. The van der Waals surface area contributed by atoms with Crippen molar-refractivity contribution in [3.8, 4) is 22.4 Å². The van der Waals surface area contributed by atoms with Gasteiger partial charge in [0.05, 0.1) is 11.1 Å². The van der Waals surface area contributed by atoms with Crippen molar-refractivity contribution in [2.45, 2.75) is 45.1 Å². The minimum atomic E-state index is -0.657. The van der Waals surface area contributed by atoms with Crippen molar-refractivity contribution in [3.63, 3.8) is 0 Å². The zero-order valence-corrected chi connectivity index (χ0v) is 20.9. The molecule has 1 aliphatic rings. The van der Waals surface area contributed by atoms with Gasteiger partial charge in [-0.15, -0.1) is 0 Å². The molecule has 3 heterocycles. The van der Waals surface area contributed by atoms with Gasteiger partial charge in [0.1, 0.15) is 17.3 Å². The summed E-state index contributed by atoms with van der Waals surface area (Å²) in [6.45, 7) is 8.64. The molecule has 0 bridgehead atoms. The topological polar surface area (TPSA) is 29.0 Å². The van der Waals surface area contributed by atoms with Crippen LogP contribution in [-0.4, -0.2) is 33.5 Å². The molecule has 180 valence electrons. The molecule has 5 rings (SSSR count). The van der Waals surface area contributed by atoms with Crippen LogP contribution in [0.2, 0.25) is 5.02 Å². The third kappa shape index (κ3) is 4.55. The van der Waals surface area contributed by atoms with Gasteiger partial charge in [-0.25, -0.2) is 8.78 Å². The zero-order valence-electron chi connectivity index (χ0n) is 20.2. The molecule has 0 radical (unpaired) electrons. The Morgan fingerprint density at radius 2 is 1.60 bits per heavy atom. The SMILES string of the molecule is CC(C)(C)N1CCC(c2cc(-c3ccccc3Cl)c3ccnc(-c4c(F)cccc4F)c3n2)CC1. The zero-order chi connectivity index (χ0) is 24.7. The summed E-state index contributed by atoms with van der Waals surface area (Å²) in [7, 11) is 0. The van der Waals surface area contributed by atoms with Crippen LogP contribution in [-0.2, 0) is 0 Å². The first-order valence-corrected chi connectivity index (χ1v) is 12.4. The number of hydrogen-bond acceptors (Lipinski definition) is 3. The Hall–Kier alpha value is -2.89. The van der Waals surface area contributed by atoms with Crippen molar-refractivity contribution in [3.05, 3.63) is 83.1 Å². The van der Waals surface area contributed by atoms with E-state index in [1.807, 2.05) is 30.3 Å². The molecule has 0 saturated carbocycles. The Morgan fingerprint density at radius 1 is 0.914 bits per heavy atom. The number of nitrogens with zero attached hydrogens (tertiary/aromatic N) is 3. The van der Waals surface area contributed by atoms with E-state index in [1.165, 1.54) is 18.2 Å². The molecule has 4 aromatic rings. The molecular weight excluding hydrogens is 464 g/mol. The monoisotopic (exact) mass is 491 g/mol. The quantitative estimate of drug-likeness (QED) is 0.292. The van der Waals surface area contributed by atoms with E-state index in [-0.39, 0.29) is 22.7 Å². The van der Waals surface area contributed by atoms with Crippen LogP contribution >= 0.6 is 11.6 Å². The third-order valence-electron chi connectivity index (χ3n) is 6.97. The fourth-order valence-corrected chi connectivity index (χ4v) is 5.27. The molecule has 1 fully saturated rings. The summed E-state index contributed by atoms with van der Waals surface area (Å²) in [5.41, 5.74) is 3.32. The molecule has 35 heavy (non-hydrogen) atoms. The first-order valence-electron chi connectivity index (χ1n) is 12.0. The van der Waals surface area contributed by atoms with Crippen molar-refractivity contribution in [1.29, 1.82) is 0 Å². The molecule has 0 unspecified atom stereocenters. The molecule has 6 heteroatoms. The van der Waals surface area contributed by atoms with E-state index in [0.717, 1.165) is 48.1 Å². The largest absolute Gasteiger partial charge is 0.298 e. The molecule has 0 atom stereocenters. The average molecular weight is 492 g/mol. The molecule has 1 saturated heterocycles. The second-order valence-electron chi connectivity index (χ2n) is 10.2. The Labute approximate surface area is 209 Å². The Kier molecular flexibility index (Phi) is 6.32. The molecule has 1 aliphatic heterocycles. The van der Waals surface area contributed by atoms with Crippen LogP contribution in [0, 0.1) is 11.6 Å². The number of hydrogen-bond donors (Lipinski definition) is 0. The molecule has 3 nitrogen and oxygen atoms in total. The van der Waals surface area contributed by atoms with Crippen molar-refractivity contribution in [2.24, 2.45) is 0 Å². The van der Waals surface area contributed by atoms with Gasteiger partial charge in [0, 0.05) is 39.3 Å². The Bertz CT molecular complexity index is 1370. The van der Waals surface area contributed by atoms with Crippen molar-refractivity contribution in [1.82, 2.24) is 14.9 Å². The number of likely N-dealkylation sites (tertiary alicyclic amines) is 1. The first kappa shape index (κ1) is 23.8. The van der Waals surface area contributed by atoms with E-state index in [0.29, 0.717) is 10.5 Å². The van der Waals surface area contributed by atoms with Crippen LogP contribution in [0.5, 0.6) is 0 Å². The minimum Gasteiger partial charge on any atom is -0.298 e. The summed E-state index contributed by atoms with van der Waals surface area (Å²) in [5.74, 6) is -1.08. The molecule has 2 aromatic heterocycles. The van der Waals surface area contributed by atoms with Gasteiger partial charge in [-0.05, 0) is 82.6 Å². The second-order valence-corrected chi connectivity index (χ2v) is 10.6. The lowest BCUT2D eigenvalue weighted by atomic mass is 9.88. The first-order chi connectivity index (χ1) is 16.7. The molecule has 2 aromatic carbocycles. The summed E-state index contributed by atoms with van der Waals surface area (Å²) in [6, 6.07) is 15.4. The summed E-state index contributed by atoms with van der Waals surface area (Å²) in [4.78, 5) is 11.9. The van der Waals surface area contributed by atoms with Gasteiger partial charge in [-0.2, -0.15) is 0 Å². The fourth-order valence-electron chi connectivity index (χ4n) is 5.04. The number of aromatic nitrogens is 2. The third-order valence-corrected chi connectivity index (χ3v) is 7.30. The maximum absolute atomic E-state index is 14.8. The minimum absolute atomic E-state index is 0.115. The van der Waals surface area contributed by atoms with Crippen molar-refractivity contribution >= 4 is 22.5 Å². The van der Waals surface area contributed by atoms with E-state index in [2.05, 4.69) is 36.7 Å². The Balaban J connectivity index is 1.71. The smallest absolute Gasteiger partial charge is 0.135 e. The number of pyridine rings is 2. The van der Waals surface area contributed by atoms with Gasteiger partial charge >= 0.3 is 0 Å². The van der Waals surface area contributed by atoms with E-state index in [9.17, 15) is 8.78 Å². The number of piperidine rings is 1. The van der Waals surface area contributed by atoms with E-state index in [4.69, 9.17) is 16.6 Å².